The number of halogens is 4. The van der Waals surface area contributed by atoms with Crippen LogP contribution in [0, 0.1) is 0 Å². The van der Waals surface area contributed by atoms with Crippen molar-refractivity contribution >= 4 is 41.1 Å². The normalized spacial score (nSPS) is 16.9. The van der Waals surface area contributed by atoms with Crippen molar-refractivity contribution in [2.24, 2.45) is 20.2 Å². The van der Waals surface area contributed by atoms with E-state index in [4.69, 9.17) is 22.4 Å². The molecule has 1 atom stereocenters. The summed E-state index contributed by atoms with van der Waals surface area (Å²) in [5, 5.41) is 7.09. The number of nitrogens with two attached hydrogens (primary N) is 1. The Morgan fingerprint density at radius 2 is 1.73 bits per heavy atom. The minimum atomic E-state index is -4.83. The summed E-state index contributed by atoms with van der Waals surface area (Å²) in [6, 6.07) is 23.2. The Morgan fingerprint density at radius 1 is 1.05 bits per heavy atom. The van der Waals surface area contributed by atoms with E-state index in [-0.39, 0.29) is 28.4 Å². The zero-order valence-corrected chi connectivity index (χ0v) is 21.3. The maximum atomic E-state index is 12.8. The van der Waals surface area contributed by atoms with Crippen LogP contribution in [-0.2, 0) is 0 Å². The van der Waals surface area contributed by atoms with E-state index in [1.54, 1.807) is 30.1 Å². The van der Waals surface area contributed by atoms with Crippen molar-refractivity contribution in [1.29, 1.82) is 0 Å². The third-order valence-electron chi connectivity index (χ3n) is 5.34. The van der Waals surface area contributed by atoms with Gasteiger partial charge in [0.05, 0.1) is 16.4 Å². The largest absolute Gasteiger partial charge is 0.573 e. The number of amidine groups is 1. The summed E-state index contributed by atoms with van der Waals surface area (Å²) in [5.41, 5.74) is 8.64. The lowest BCUT2D eigenvalue weighted by atomic mass is 9.86. The molecule has 192 valence electrons. The highest BCUT2D eigenvalue weighted by atomic mass is 35.5. The Hall–Kier alpha value is -3.50. The molecule has 4 rings (SSSR count). The lowest BCUT2D eigenvalue weighted by molar-refractivity contribution is -0.275. The lowest BCUT2D eigenvalue weighted by Crippen LogP contribution is -2.35. The molecule has 2 N–H and O–H groups in total. The minimum Gasteiger partial charge on any atom is -0.405 e. The fraction of sp³-hybridized carbons (Fsp3) is 0.192. The van der Waals surface area contributed by atoms with Crippen molar-refractivity contribution in [3.05, 3.63) is 95.0 Å². The third kappa shape index (κ3) is 7.27. The monoisotopic (exact) mass is 545 g/mol. The first-order valence-electron chi connectivity index (χ1n) is 11.3. The van der Waals surface area contributed by atoms with Crippen molar-refractivity contribution in [2.75, 3.05) is 6.54 Å². The van der Waals surface area contributed by atoms with Gasteiger partial charge in [0.25, 0.3) is 5.96 Å². The molecule has 0 fully saturated rings. The van der Waals surface area contributed by atoms with Gasteiger partial charge in [-0.2, -0.15) is 14.5 Å². The number of rotatable bonds is 5. The van der Waals surface area contributed by atoms with E-state index in [1.807, 2.05) is 30.3 Å². The van der Waals surface area contributed by atoms with Gasteiger partial charge in [-0.25, -0.2) is 5.01 Å². The van der Waals surface area contributed by atoms with Crippen LogP contribution < -0.4 is 10.5 Å². The molecule has 1 heterocycles. The molecular weight excluding hydrogens is 523 g/mol. The van der Waals surface area contributed by atoms with Crippen LogP contribution in [0.4, 0.5) is 13.2 Å². The first-order chi connectivity index (χ1) is 17.7. The number of aliphatic imine (C=N–C) groups is 1. The van der Waals surface area contributed by atoms with Crippen molar-refractivity contribution < 1.29 is 17.9 Å². The summed E-state index contributed by atoms with van der Waals surface area (Å²) in [6.45, 7) is 2.06. The lowest BCUT2D eigenvalue weighted by Gasteiger charge is -2.30. The molecule has 0 radical (unpaired) electrons. The van der Waals surface area contributed by atoms with Crippen LogP contribution >= 0.6 is 23.5 Å². The Labute approximate surface area is 221 Å². The summed E-state index contributed by atoms with van der Waals surface area (Å²) >= 11 is 6.91. The molecule has 3 aromatic rings. The van der Waals surface area contributed by atoms with E-state index >= 15 is 0 Å². The predicted molar refractivity (Wildman–Crippen MR) is 142 cm³/mol. The quantitative estimate of drug-likeness (QED) is 0.215. The van der Waals surface area contributed by atoms with Gasteiger partial charge in [0.2, 0.25) is 0 Å². The Balaban J connectivity index is 1.71. The topological polar surface area (TPSA) is 75.6 Å². The number of ether oxygens (including phenoxy) is 1. The molecule has 0 spiro atoms. The van der Waals surface area contributed by atoms with Crippen molar-refractivity contribution in [3.63, 3.8) is 0 Å². The Morgan fingerprint density at radius 3 is 2.41 bits per heavy atom. The number of alkyl halides is 3. The van der Waals surface area contributed by atoms with Gasteiger partial charge in [0, 0.05) is 29.4 Å². The Kier molecular flexibility index (Phi) is 8.40. The van der Waals surface area contributed by atoms with E-state index < -0.39 is 6.36 Å². The molecule has 0 aliphatic carbocycles. The molecule has 0 amide bonds. The van der Waals surface area contributed by atoms with E-state index in [2.05, 4.69) is 26.3 Å². The average molecular weight is 546 g/mol. The molecule has 0 saturated carbocycles. The number of para-hydroxylation sites is 1. The second-order valence-electron chi connectivity index (χ2n) is 8.10. The van der Waals surface area contributed by atoms with E-state index in [1.165, 1.54) is 18.2 Å². The summed E-state index contributed by atoms with van der Waals surface area (Å²) < 4.78 is 47.1. The van der Waals surface area contributed by atoms with E-state index in [0.717, 1.165) is 28.8 Å². The van der Waals surface area contributed by atoms with Crippen LogP contribution in [0.3, 0.4) is 0 Å². The summed E-state index contributed by atoms with van der Waals surface area (Å²) in [7, 11) is 0. The minimum absolute atomic E-state index is 0.0105. The highest BCUT2D eigenvalue weighted by Crippen LogP contribution is 2.35. The van der Waals surface area contributed by atoms with Crippen LogP contribution in [0.15, 0.2) is 98.2 Å². The molecule has 1 aliphatic heterocycles. The van der Waals surface area contributed by atoms with Crippen LogP contribution in [0.25, 0.3) is 0 Å². The first kappa shape index (κ1) is 26.6. The molecule has 0 aromatic heterocycles. The molecule has 0 bridgehead atoms. The average Bonchev–Trinajstić information content (AvgIpc) is 2.87. The first-order valence-corrected chi connectivity index (χ1v) is 12.4. The third-order valence-corrected chi connectivity index (χ3v) is 6.38. The van der Waals surface area contributed by atoms with Crippen LogP contribution in [0.2, 0.25) is 5.02 Å². The maximum Gasteiger partial charge on any atom is 0.573 e. The van der Waals surface area contributed by atoms with E-state index in [9.17, 15) is 13.2 Å². The molecule has 1 unspecified atom stereocenters. The van der Waals surface area contributed by atoms with Crippen LogP contribution in [0.1, 0.15) is 30.4 Å². The second-order valence-corrected chi connectivity index (χ2v) is 9.34. The van der Waals surface area contributed by atoms with Gasteiger partial charge >= 0.3 is 6.36 Å². The predicted octanol–water partition coefficient (Wildman–Crippen LogP) is 6.87. The number of hydrazone groups is 1. The number of hydrogen-bond donors (Lipinski definition) is 1. The maximum absolute atomic E-state index is 12.8. The summed E-state index contributed by atoms with van der Waals surface area (Å²) in [4.78, 5) is 4.49. The van der Waals surface area contributed by atoms with E-state index in [0.29, 0.717) is 18.0 Å². The number of hydrogen-bond acceptors (Lipinski definition) is 4. The van der Waals surface area contributed by atoms with Crippen molar-refractivity contribution in [1.82, 2.24) is 5.01 Å². The standard InChI is InChI=1S/C26H23ClF3N5OS/c1-17(31)32-25(34-37-23-10-6-5-9-22(23)36-26(28,29)30)35-16-15-21(18-7-3-2-4-8-18)24(33-35)19-11-13-20(27)14-12-19/h2-14,21H,15-16H2,1H3,(H2,31,32,34). The van der Waals surface area contributed by atoms with Crippen LogP contribution in [-0.4, -0.2) is 35.4 Å². The van der Waals surface area contributed by atoms with Crippen LogP contribution in [0.5, 0.6) is 5.75 Å². The molecule has 0 saturated heterocycles. The SMILES string of the molecule is C/C(N)=N\C(=N\Sc1ccccc1OC(F)(F)F)N1CCC(c2ccccc2)C(c2ccc(Cl)cc2)=N1. The van der Waals surface area contributed by atoms with Gasteiger partial charge in [-0.3, -0.25) is 0 Å². The molecule has 3 aromatic carbocycles. The van der Waals surface area contributed by atoms with Crippen molar-refractivity contribution in [2.45, 2.75) is 30.5 Å². The smallest absolute Gasteiger partial charge is 0.405 e. The summed E-state index contributed by atoms with van der Waals surface area (Å²) in [5.74, 6) is 0.0403. The van der Waals surface area contributed by atoms with Gasteiger partial charge in [-0.05, 0) is 48.7 Å². The highest BCUT2D eigenvalue weighted by Gasteiger charge is 2.32. The number of guanidine groups is 1. The Bertz CT molecular complexity index is 1310. The molecular formula is C26H23ClF3N5OS. The zero-order valence-electron chi connectivity index (χ0n) is 19.7. The molecule has 11 heteroatoms. The molecule has 6 nitrogen and oxygen atoms in total. The number of benzene rings is 3. The number of nitrogens with zero attached hydrogens (tertiary/aromatic N) is 4. The van der Waals surface area contributed by atoms with Gasteiger partial charge in [0.15, 0.2) is 0 Å². The van der Waals surface area contributed by atoms with Crippen molar-refractivity contribution in [3.8, 4) is 5.75 Å². The van der Waals surface area contributed by atoms with Gasteiger partial charge in [0.1, 0.15) is 5.75 Å². The second kappa shape index (κ2) is 11.7. The van der Waals surface area contributed by atoms with Gasteiger partial charge in [-0.15, -0.1) is 13.2 Å². The highest BCUT2D eigenvalue weighted by molar-refractivity contribution is 7.98. The fourth-order valence-corrected chi connectivity index (χ4v) is 4.56. The van der Waals surface area contributed by atoms with Gasteiger partial charge < -0.3 is 10.5 Å². The summed E-state index contributed by atoms with van der Waals surface area (Å²) in [6.07, 6.45) is -4.13. The fourth-order valence-electron chi connectivity index (χ4n) is 3.78. The zero-order chi connectivity index (χ0) is 26.4. The molecule has 1 aliphatic rings. The molecule has 37 heavy (non-hydrogen) atoms. The van der Waals surface area contributed by atoms with Gasteiger partial charge in [-0.1, -0.05) is 66.2 Å².